The van der Waals surface area contributed by atoms with Gasteiger partial charge in [0.1, 0.15) is 18.1 Å². The fourth-order valence-corrected chi connectivity index (χ4v) is 5.78. The third-order valence-electron chi connectivity index (χ3n) is 6.19. The van der Waals surface area contributed by atoms with E-state index >= 15 is 0 Å². The van der Waals surface area contributed by atoms with Crippen LogP contribution in [0.2, 0.25) is 5.02 Å². The second kappa shape index (κ2) is 12.3. The summed E-state index contributed by atoms with van der Waals surface area (Å²) >= 11 is 6.24. The molecule has 10 nitrogen and oxygen atoms in total. The molecule has 0 saturated heterocycles. The van der Waals surface area contributed by atoms with E-state index < -0.39 is 22.5 Å². The number of hydrogen-bond acceptors (Lipinski definition) is 7. The predicted molar refractivity (Wildman–Crippen MR) is 152 cm³/mol. The second-order valence-corrected chi connectivity index (χ2v) is 10.9. The Morgan fingerprint density at radius 2 is 1.68 bits per heavy atom. The maximum absolute atomic E-state index is 14.0. The SMILES string of the molecule is COc1ccc(S(=O)(=O)N(CC(=O)NCc2ccccc2-n2ccnc2C)c2cc(Cl)ccc2OC)cc1OC. The molecule has 1 N–H and O–H groups in total. The van der Waals surface area contributed by atoms with Crippen LogP contribution in [0.4, 0.5) is 5.69 Å². The molecular weight excluding hydrogens is 556 g/mol. The van der Waals surface area contributed by atoms with Crippen LogP contribution in [0.15, 0.2) is 78.0 Å². The van der Waals surface area contributed by atoms with E-state index in [0.717, 1.165) is 21.4 Å². The van der Waals surface area contributed by atoms with Crippen molar-refractivity contribution in [2.75, 3.05) is 32.2 Å². The summed E-state index contributed by atoms with van der Waals surface area (Å²) < 4.78 is 46.8. The highest BCUT2D eigenvalue weighted by atomic mass is 35.5. The molecule has 1 heterocycles. The molecule has 0 spiro atoms. The third kappa shape index (κ3) is 6.00. The number of carbonyl (C=O) groups is 1. The van der Waals surface area contributed by atoms with Crippen molar-refractivity contribution in [2.45, 2.75) is 18.4 Å². The molecule has 0 aliphatic rings. The van der Waals surface area contributed by atoms with Crippen molar-refractivity contribution in [1.29, 1.82) is 0 Å². The number of sulfonamides is 1. The topological polar surface area (TPSA) is 112 Å². The monoisotopic (exact) mass is 584 g/mol. The van der Waals surface area contributed by atoms with Crippen LogP contribution < -0.4 is 23.8 Å². The smallest absolute Gasteiger partial charge is 0.265 e. The number of rotatable bonds is 11. The molecule has 4 rings (SSSR count). The van der Waals surface area contributed by atoms with Crippen molar-refractivity contribution in [3.05, 3.63) is 89.5 Å². The van der Waals surface area contributed by atoms with Gasteiger partial charge in [0.2, 0.25) is 5.91 Å². The quantitative estimate of drug-likeness (QED) is 0.278. The highest BCUT2D eigenvalue weighted by Gasteiger charge is 2.30. The van der Waals surface area contributed by atoms with Crippen LogP contribution in [0.25, 0.3) is 5.69 Å². The van der Waals surface area contributed by atoms with Crippen LogP contribution in [0.5, 0.6) is 17.2 Å². The maximum atomic E-state index is 14.0. The Bertz CT molecular complexity index is 1620. The largest absolute Gasteiger partial charge is 0.495 e. The maximum Gasteiger partial charge on any atom is 0.265 e. The first-order chi connectivity index (χ1) is 19.2. The Morgan fingerprint density at radius 1 is 0.975 bits per heavy atom. The number of imidazole rings is 1. The molecule has 0 aliphatic heterocycles. The molecule has 0 aliphatic carbocycles. The number of aryl methyl sites for hydroxylation is 1. The molecule has 12 heteroatoms. The van der Waals surface area contributed by atoms with Gasteiger partial charge in [-0.15, -0.1) is 0 Å². The van der Waals surface area contributed by atoms with Crippen molar-refractivity contribution >= 4 is 33.2 Å². The van der Waals surface area contributed by atoms with Crippen molar-refractivity contribution in [3.8, 4) is 22.9 Å². The van der Waals surface area contributed by atoms with Crippen molar-refractivity contribution in [3.63, 3.8) is 0 Å². The van der Waals surface area contributed by atoms with Gasteiger partial charge in [-0.2, -0.15) is 0 Å². The number of amides is 1. The number of benzene rings is 3. The summed E-state index contributed by atoms with van der Waals surface area (Å²) in [7, 11) is -0.0411. The third-order valence-corrected chi connectivity index (χ3v) is 8.18. The Morgan fingerprint density at radius 3 is 2.35 bits per heavy atom. The Hall–Kier alpha value is -4.22. The van der Waals surface area contributed by atoms with E-state index in [4.69, 9.17) is 25.8 Å². The molecule has 40 heavy (non-hydrogen) atoms. The van der Waals surface area contributed by atoms with Crippen LogP contribution in [-0.2, 0) is 21.4 Å². The number of methoxy groups -OCH3 is 3. The molecule has 1 amide bonds. The van der Waals surface area contributed by atoms with E-state index in [9.17, 15) is 13.2 Å². The van der Waals surface area contributed by atoms with E-state index in [-0.39, 0.29) is 33.6 Å². The molecule has 3 aromatic carbocycles. The zero-order chi connectivity index (χ0) is 28.9. The van der Waals surface area contributed by atoms with Gasteiger partial charge >= 0.3 is 0 Å². The first-order valence-corrected chi connectivity index (χ1v) is 13.9. The number of aromatic nitrogens is 2. The van der Waals surface area contributed by atoms with E-state index in [2.05, 4.69) is 10.3 Å². The van der Waals surface area contributed by atoms with Gasteiger partial charge in [-0.1, -0.05) is 29.8 Å². The molecule has 0 saturated carbocycles. The average molecular weight is 585 g/mol. The lowest BCUT2D eigenvalue weighted by Crippen LogP contribution is -2.41. The average Bonchev–Trinajstić information content (AvgIpc) is 3.39. The van der Waals surface area contributed by atoms with Gasteiger partial charge in [-0.25, -0.2) is 13.4 Å². The number of hydrogen-bond donors (Lipinski definition) is 1. The van der Waals surface area contributed by atoms with E-state index in [0.29, 0.717) is 5.75 Å². The van der Waals surface area contributed by atoms with Gasteiger partial charge in [0.25, 0.3) is 10.0 Å². The van der Waals surface area contributed by atoms with Crippen molar-refractivity contribution < 1.29 is 27.4 Å². The zero-order valence-electron chi connectivity index (χ0n) is 22.4. The summed E-state index contributed by atoms with van der Waals surface area (Å²) in [5.41, 5.74) is 1.78. The molecule has 0 atom stereocenters. The number of halogens is 1. The lowest BCUT2D eigenvalue weighted by molar-refractivity contribution is -0.119. The molecule has 0 fully saturated rings. The summed E-state index contributed by atoms with van der Waals surface area (Å²) in [5, 5.41) is 3.11. The highest BCUT2D eigenvalue weighted by molar-refractivity contribution is 7.92. The summed E-state index contributed by atoms with van der Waals surface area (Å²) in [6, 6.07) is 16.3. The first-order valence-electron chi connectivity index (χ1n) is 12.1. The molecule has 0 radical (unpaired) electrons. The van der Waals surface area contributed by atoms with E-state index in [1.807, 2.05) is 42.0 Å². The molecule has 1 aromatic heterocycles. The van der Waals surface area contributed by atoms with Crippen molar-refractivity contribution in [2.24, 2.45) is 0 Å². The molecule has 210 valence electrons. The fraction of sp³-hybridized carbons (Fsp3) is 0.214. The van der Waals surface area contributed by atoms with Crippen molar-refractivity contribution in [1.82, 2.24) is 14.9 Å². The summed E-state index contributed by atoms with van der Waals surface area (Å²) in [4.78, 5) is 17.5. The van der Waals surface area contributed by atoms with Crippen LogP contribution in [-0.4, -0.2) is 51.8 Å². The van der Waals surface area contributed by atoms with E-state index in [1.165, 1.54) is 51.7 Å². The molecule has 0 bridgehead atoms. The molecule has 0 unspecified atom stereocenters. The normalized spacial score (nSPS) is 11.1. The van der Waals surface area contributed by atoms with Crippen LogP contribution in [0, 0.1) is 6.92 Å². The van der Waals surface area contributed by atoms with Gasteiger partial charge in [0.15, 0.2) is 11.5 Å². The molecular formula is C28H29ClN4O6S. The fourth-order valence-electron chi connectivity index (χ4n) is 4.17. The van der Waals surface area contributed by atoms with Gasteiger partial charge in [-0.3, -0.25) is 9.10 Å². The summed E-state index contributed by atoms with van der Waals surface area (Å²) in [5.74, 6) is 1.06. The minimum absolute atomic E-state index is 0.106. The lowest BCUT2D eigenvalue weighted by Gasteiger charge is -2.26. The minimum atomic E-state index is -4.30. The zero-order valence-corrected chi connectivity index (χ0v) is 24.0. The van der Waals surface area contributed by atoms with Crippen LogP contribution >= 0.6 is 11.6 Å². The Kier molecular flexibility index (Phi) is 8.86. The Labute approximate surface area is 238 Å². The number of ether oxygens (including phenoxy) is 3. The van der Waals surface area contributed by atoms with Gasteiger partial charge in [0.05, 0.1) is 37.6 Å². The lowest BCUT2D eigenvalue weighted by atomic mass is 10.1. The highest BCUT2D eigenvalue weighted by Crippen LogP contribution is 2.37. The second-order valence-electron chi connectivity index (χ2n) is 8.59. The van der Waals surface area contributed by atoms with Gasteiger partial charge < -0.3 is 24.1 Å². The van der Waals surface area contributed by atoms with E-state index in [1.54, 1.807) is 12.3 Å². The number of anilines is 1. The minimum Gasteiger partial charge on any atom is -0.495 e. The predicted octanol–water partition coefficient (Wildman–Crippen LogP) is 4.37. The number of carbonyl (C=O) groups excluding carboxylic acids is 1. The number of para-hydroxylation sites is 1. The molecule has 4 aromatic rings. The summed E-state index contributed by atoms with van der Waals surface area (Å²) in [6.45, 7) is 1.49. The van der Waals surface area contributed by atoms with Gasteiger partial charge in [-0.05, 0) is 48.9 Å². The number of nitrogens with zero attached hydrogens (tertiary/aromatic N) is 3. The van der Waals surface area contributed by atoms with Crippen LogP contribution in [0.1, 0.15) is 11.4 Å². The Balaban J connectivity index is 1.68. The standard InChI is InChI=1S/C28H29ClN4O6S/c1-19-30-13-14-32(19)23-8-6-5-7-20(23)17-31-28(34)18-33(24-15-21(29)9-11-25(24)37-2)40(35,36)22-10-12-26(38-3)27(16-22)39-4/h5-16H,17-18H2,1-4H3,(H,31,34). The first kappa shape index (κ1) is 28.8. The van der Waals surface area contributed by atoms with Gasteiger partial charge in [0, 0.05) is 30.0 Å². The van der Waals surface area contributed by atoms with Crippen LogP contribution in [0.3, 0.4) is 0 Å². The summed E-state index contributed by atoms with van der Waals surface area (Å²) in [6.07, 6.45) is 3.53. The number of nitrogens with one attached hydrogen (secondary N) is 1.